The number of imide groups is 1. The SMILES string of the molecule is COc1ccc(C(=C2[C@H]3C=C[C@H]2[C@H]2C(=O)N(c4ccc(Cl)c([N+](=O)[O-])c4)C(=O)[C@H]23)c2ccc(OC)cc2)cc1. The van der Waals surface area contributed by atoms with E-state index in [9.17, 15) is 19.7 Å². The molecule has 0 radical (unpaired) electrons. The Bertz CT molecular complexity index is 1490. The van der Waals surface area contributed by atoms with E-state index < -0.39 is 16.8 Å². The van der Waals surface area contributed by atoms with Crippen LogP contribution in [0.25, 0.3) is 5.57 Å². The highest BCUT2D eigenvalue weighted by atomic mass is 35.5. The molecule has 2 bridgehead atoms. The van der Waals surface area contributed by atoms with Crippen LogP contribution in [0.2, 0.25) is 5.02 Å². The van der Waals surface area contributed by atoms with Crippen molar-refractivity contribution in [3.63, 3.8) is 0 Å². The molecule has 1 heterocycles. The Morgan fingerprint density at radius 1 is 0.821 bits per heavy atom. The normalized spacial score (nSPS) is 22.8. The highest BCUT2D eigenvalue weighted by molar-refractivity contribution is 6.33. The fourth-order valence-corrected chi connectivity index (χ4v) is 6.33. The number of fused-ring (bicyclic) bond motifs is 5. The lowest BCUT2D eigenvalue weighted by molar-refractivity contribution is -0.384. The summed E-state index contributed by atoms with van der Waals surface area (Å²) in [7, 11) is 3.22. The van der Waals surface area contributed by atoms with Crippen LogP contribution in [-0.2, 0) is 9.59 Å². The molecule has 39 heavy (non-hydrogen) atoms. The molecule has 2 aliphatic carbocycles. The summed E-state index contributed by atoms with van der Waals surface area (Å²) < 4.78 is 10.7. The van der Waals surface area contributed by atoms with Gasteiger partial charge in [0.05, 0.1) is 36.7 Å². The molecule has 1 saturated heterocycles. The number of benzene rings is 3. The van der Waals surface area contributed by atoms with E-state index in [4.69, 9.17) is 21.1 Å². The minimum atomic E-state index is -0.625. The number of allylic oxidation sites excluding steroid dienone is 3. The van der Waals surface area contributed by atoms with Crippen molar-refractivity contribution in [2.24, 2.45) is 23.7 Å². The highest BCUT2D eigenvalue weighted by Gasteiger charge is 2.62. The highest BCUT2D eigenvalue weighted by Crippen LogP contribution is 2.59. The summed E-state index contributed by atoms with van der Waals surface area (Å²) in [5, 5.41) is 11.4. The quantitative estimate of drug-likeness (QED) is 0.172. The Morgan fingerprint density at radius 2 is 1.31 bits per heavy atom. The molecule has 0 N–H and O–H groups in total. The van der Waals surface area contributed by atoms with E-state index in [0.29, 0.717) is 0 Å². The number of nitro groups is 1. The number of amides is 2. The first kappa shape index (κ1) is 24.9. The van der Waals surface area contributed by atoms with Crippen LogP contribution in [0.4, 0.5) is 11.4 Å². The molecule has 4 atom stereocenters. The van der Waals surface area contributed by atoms with Crippen molar-refractivity contribution in [2.75, 3.05) is 19.1 Å². The number of ether oxygens (including phenoxy) is 2. The van der Waals surface area contributed by atoms with E-state index in [1.807, 2.05) is 60.7 Å². The maximum Gasteiger partial charge on any atom is 0.289 e. The molecular weight excluding hydrogens is 520 g/mol. The van der Waals surface area contributed by atoms with Crippen LogP contribution in [0.5, 0.6) is 11.5 Å². The standard InChI is InChI=1S/C30H23ClN2O6/c1-38-19-8-3-16(4-9-19)25(17-5-10-20(39-2)11-6-17)26-21-12-13-22(26)28-27(21)29(34)32(30(28)35)18-7-14-23(31)24(15-18)33(36)37/h3-15,21-22,27-28H,1-2H3/t21-,22-,27-,28+/m1/s1. The predicted molar refractivity (Wildman–Crippen MR) is 146 cm³/mol. The van der Waals surface area contributed by atoms with Gasteiger partial charge in [0.1, 0.15) is 16.5 Å². The van der Waals surface area contributed by atoms with Gasteiger partial charge in [-0.2, -0.15) is 0 Å². The van der Waals surface area contributed by atoms with Crippen LogP contribution in [0.3, 0.4) is 0 Å². The first-order valence-electron chi connectivity index (χ1n) is 12.4. The van der Waals surface area contributed by atoms with Crippen LogP contribution in [0, 0.1) is 33.8 Å². The van der Waals surface area contributed by atoms with Gasteiger partial charge in [0.15, 0.2) is 0 Å². The van der Waals surface area contributed by atoms with Crippen LogP contribution in [0.1, 0.15) is 11.1 Å². The van der Waals surface area contributed by atoms with Crippen LogP contribution < -0.4 is 14.4 Å². The lowest BCUT2D eigenvalue weighted by Gasteiger charge is -2.22. The van der Waals surface area contributed by atoms with Gasteiger partial charge in [0, 0.05) is 17.9 Å². The average Bonchev–Trinajstić information content (AvgIpc) is 3.58. The number of nitrogens with zero attached hydrogens (tertiary/aromatic N) is 2. The van der Waals surface area contributed by atoms with Crippen molar-refractivity contribution < 1.29 is 24.0 Å². The maximum absolute atomic E-state index is 13.8. The van der Waals surface area contributed by atoms with Gasteiger partial charge in [0.25, 0.3) is 5.69 Å². The zero-order valence-corrected chi connectivity index (χ0v) is 21.8. The molecule has 6 rings (SSSR count). The van der Waals surface area contributed by atoms with E-state index in [0.717, 1.165) is 38.7 Å². The number of methoxy groups -OCH3 is 2. The molecule has 9 heteroatoms. The van der Waals surface area contributed by atoms with Crippen LogP contribution >= 0.6 is 11.6 Å². The Hall–Kier alpha value is -4.43. The number of rotatable bonds is 6. The third-order valence-electron chi connectivity index (χ3n) is 7.85. The summed E-state index contributed by atoms with van der Waals surface area (Å²) in [5.74, 6) is -1.04. The number of carbonyl (C=O) groups is 2. The molecule has 3 aliphatic rings. The number of hydrogen-bond acceptors (Lipinski definition) is 6. The second-order valence-electron chi connectivity index (χ2n) is 9.68. The Labute approximate surface area is 229 Å². The number of anilines is 1. The molecule has 196 valence electrons. The summed E-state index contributed by atoms with van der Waals surface area (Å²) in [6, 6.07) is 19.4. The molecule has 2 fully saturated rings. The van der Waals surface area contributed by atoms with E-state index in [-0.39, 0.29) is 40.0 Å². The lowest BCUT2D eigenvalue weighted by Crippen LogP contribution is -2.33. The van der Waals surface area contributed by atoms with Gasteiger partial charge in [-0.1, -0.05) is 48.0 Å². The number of nitro benzene ring substituents is 1. The van der Waals surface area contributed by atoms with Crippen LogP contribution in [0.15, 0.2) is 84.5 Å². The second-order valence-corrected chi connectivity index (χ2v) is 10.1. The van der Waals surface area contributed by atoms with Gasteiger partial charge in [-0.25, -0.2) is 4.90 Å². The van der Waals surface area contributed by atoms with E-state index >= 15 is 0 Å². The molecule has 0 spiro atoms. The molecular formula is C30H23ClN2O6. The average molecular weight is 543 g/mol. The minimum absolute atomic E-state index is 0.0568. The molecule has 0 unspecified atom stereocenters. The van der Waals surface area contributed by atoms with Crippen molar-refractivity contribution in [3.05, 3.63) is 111 Å². The lowest BCUT2D eigenvalue weighted by atomic mass is 9.85. The van der Waals surface area contributed by atoms with E-state index in [2.05, 4.69) is 0 Å². The van der Waals surface area contributed by atoms with Gasteiger partial charge < -0.3 is 9.47 Å². The predicted octanol–water partition coefficient (Wildman–Crippen LogP) is 5.69. The third kappa shape index (κ3) is 3.82. The third-order valence-corrected chi connectivity index (χ3v) is 8.17. The topological polar surface area (TPSA) is 99.0 Å². The van der Waals surface area contributed by atoms with E-state index in [1.54, 1.807) is 14.2 Å². The fourth-order valence-electron chi connectivity index (χ4n) is 6.15. The molecule has 2 amide bonds. The van der Waals surface area contributed by atoms with Crippen LogP contribution in [-0.4, -0.2) is 31.0 Å². The summed E-state index contributed by atoms with van der Waals surface area (Å²) in [6.45, 7) is 0. The summed E-state index contributed by atoms with van der Waals surface area (Å²) in [5.41, 5.74) is 3.67. The minimum Gasteiger partial charge on any atom is -0.497 e. The van der Waals surface area contributed by atoms with Gasteiger partial charge >= 0.3 is 0 Å². The van der Waals surface area contributed by atoms with Gasteiger partial charge in [-0.3, -0.25) is 19.7 Å². The van der Waals surface area contributed by atoms with Crippen molar-refractivity contribution in [1.82, 2.24) is 0 Å². The van der Waals surface area contributed by atoms with Crippen molar-refractivity contribution in [3.8, 4) is 11.5 Å². The van der Waals surface area contributed by atoms with Gasteiger partial charge in [0.2, 0.25) is 11.8 Å². The summed E-state index contributed by atoms with van der Waals surface area (Å²) in [6.07, 6.45) is 4.01. The largest absolute Gasteiger partial charge is 0.497 e. The molecule has 1 aliphatic heterocycles. The first-order valence-corrected chi connectivity index (χ1v) is 12.7. The summed E-state index contributed by atoms with van der Waals surface area (Å²) in [4.78, 5) is 39.4. The zero-order valence-electron chi connectivity index (χ0n) is 21.0. The van der Waals surface area contributed by atoms with Crippen molar-refractivity contribution in [2.45, 2.75) is 0 Å². The molecule has 3 aromatic rings. The maximum atomic E-state index is 13.8. The van der Waals surface area contributed by atoms with Crippen molar-refractivity contribution in [1.29, 1.82) is 0 Å². The monoisotopic (exact) mass is 542 g/mol. The Kier molecular flexibility index (Phi) is 5.99. The summed E-state index contributed by atoms with van der Waals surface area (Å²) >= 11 is 5.97. The van der Waals surface area contributed by atoms with Gasteiger partial charge in [-0.15, -0.1) is 0 Å². The van der Waals surface area contributed by atoms with Gasteiger partial charge in [-0.05, 0) is 58.7 Å². The number of hydrogen-bond donors (Lipinski definition) is 0. The molecule has 3 aromatic carbocycles. The molecule has 8 nitrogen and oxygen atoms in total. The van der Waals surface area contributed by atoms with Crippen molar-refractivity contribution >= 4 is 40.4 Å². The second kappa shape index (κ2) is 9.39. The Morgan fingerprint density at radius 3 is 1.74 bits per heavy atom. The molecule has 1 saturated carbocycles. The first-order chi connectivity index (χ1) is 18.8. The zero-order chi connectivity index (χ0) is 27.4. The number of carbonyl (C=O) groups excluding carboxylic acids is 2. The van der Waals surface area contributed by atoms with E-state index in [1.165, 1.54) is 18.2 Å². The number of halogens is 1. The molecule has 0 aromatic heterocycles. The Balaban J connectivity index is 1.46. The smallest absolute Gasteiger partial charge is 0.289 e. The fraction of sp³-hybridized carbons (Fsp3) is 0.200.